The van der Waals surface area contributed by atoms with Crippen LogP contribution in [-0.2, 0) is 4.74 Å². The molecule has 0 aromatic carbocycles. The molecule has 1 N–H and O–H groups in total. The van der Waals surface area contributed by atoms with Crippen molar-refractivity contribution in [3.63, 3.8) is 0 Å². The first-order chi connectivity index (χ1) is 5.11. The Morgan fingerprint density at radius 1 is 1.55 bits per heavy atom. The standard InChI is InChI=1S/C8H13NO2/c1-6(2)8(11-4)9-7(3)5-10/h10H,1,3,5H2,2,4H3/b9-8+. The fourth-order valence-electron chi connectivity index (χ4n) is 0.494. The molecular formula is C8H13NO2. The highest BCUT2D eigenvalue weighted by Gasteiger charge is 1.98. The van der Waals surface area contributed by atoms with Crippen LogP contribution in [0.4, 0.5) is 0 Å². The first kappa shape index (κ1) is 9.91. The van der Waals surface area contributed by atoms with Crippen LogP contribution in [0, 0.1) is 0 Å². The van der Waals surface area contributed by atoms with Gasteiger partial charge in [0.15, 0.2) is 0 Å². The number of aliphatic hydroxyl groups is 1. The second kappa shape index (κ2) is 4.68. The van der Waals surface area contributed by atoms with Crippen LogP contribution in [-0.4, -0.2) is 24.7 Å². The van der Waals surface area contributed by atoms with Gasteiger partial charge >= 0.3 is 0 Å². The Bertz CT molecular complexity index is 194. The molecule has 0 atom stereocenters. The summed E-state index contributed by atoms with van der Waals surface area (Å²) in [6, 6.07) is 0. The molecular weight excluding hydrogens is 142 g/mol. The van der Waals surface area contributed by atoms with Gasteiger partial charge in [-0.1, -0.05) is 13.2 Å². The fraction of sp³-hybridized carbons (Fsp3) is 0.375. The summed E-state index contributed by atoms with van der Waals surface area (Å²) in [6.45, 7) is 8.72. The SMILES string of the molecule is C=C(CO)/N=C(/OC)C(=C)C. The molecule has 0 heterocycles. The van der Waals surface area contributed by atoms with Gasteiger partial charge in [0.2, 0.25) is 5.90 Å². The minimum absolute atomic E-state index is 0.167. The van der Waals surface area contributed by atoms with Gasteiger partial charge in [-0.3, -0.25) is 0 Å². The van der Waals surface area contributed by atoms with Gasteiger partial charge in [0, 0.05) is 5.57 Å². The minimum atomic E-state index is -0.167. The molecule has 0 bridgehead atoms. The molecule has 0 unspecified atom stereocenters. The van der Waals surface area contributed by atoms with Gasteiger partial charge in [0.1, 0.15) is 0 Å². The number of ether oxygens (including phenoxy) is 1. The molecule has 3 heteroatoms. The molecule has 0 amide bonds. The lowest BCUT2D eigenvalue weighted by molar-refractivity contribution is 0.328. The Hall–Kier alpha value is -1.09. The maximum absolute atomic E-state index is 8.57. The van der Waals surface area contributed by atoms with Gasteiger partial charge in [-0.15, -0.1) is 0 Å². The average Bonchev–Trinajstić information content (AvgIpc) is 1.99. The number of rotatable bonds is 3. The van der Waals surface area contributed by atoms with E-state index in [-0.39, 0.29) is 6.61 Å². The van der Waals surface area contributed by atoms with Gasteiger partial charge in [0.05, 0.1) is 19.4 Å². The molecule has 0 saturated heterocycles. The molecule has 3 nitrogen and oxygen atoms in total. The lowest BCUT2D eigenvalue weighted by Crippen LogP contribution is -2.03. The van der Waals surface area contributed by atoms with E-state index in [4.69, 9.17) is 9.84 Å². The summed E-state index contributed by atoms with van der Waals surface area (Å²) in [5, 5.41) is 8.57. The monoisotopic (exact) mass is 155 g/mol. The predicted octanol–water partition coefficient (Wildman–Crippen LogP) is 1.11. The summed E-state index contributed by atoms with van der Waals surface area (Å²) in [4.78, 5) is 3.86. The average molecular weight is 155 g/mol. The van der Waals surface area contributed by atoms with Crippen molar-refractivity contribution < 1.29 is 9.84 Å². The molecule has 0 aliphatic carbocycles. The highest BCUT2D eigenvalue weighted by molar-refractivity contribution is 5.92. The van der Waals surface area contributed by atoms with E-state index in [1.807, 2.05) is 0 Å². The molecule has 0 aliphatic heterocycles. The van der Waals surface area contributed by atoms with Crippen LogP contribution < -0.4 is 0 Å². The van der Waals surface area contributed by atoms with Crippen LogP contribution >= 0.6 is 0 Å². The van der Waals surface area contributed by atoms with Crippen molar-refractivity contribution in [2.45, 2.75) is 6.92 Å². The quantitative estimate of drug-likeness (QED) is 0.490. The van der Waals surface area contributed by atoms with E-state index in [1.54, 1.807) is 6.92 Å². The van der Waals surface area contributed by atoms with Gasteiger partial charge < -0.3 is 9.84 Å². The zero-order valence-electron chi connectivity index (χ0n) is 6.92. The van der Waals surface area contributed by atoms with Crippen molar-refractivity contribution in [3.05, 3.63) is 24.4 Å². The van der Waals surface area contributed by atoms with Crippen LogP contribution in [0.25, 0.3) is 0 Å². The van der Waals surface area contributed by atoms with E-state index in [0.29, 0.717) is 17.2 Å². The molecule has 0 radical (unpaired) electrons. The third-order valence-corrected chi connectivity index (χ3v) is 1.00. The van der Waals surface area contributed by atoms with Crippen LogP contribution in [0.1, 0.15) is 6.92 Å². The second-order valence-electron chi connectivity index (χ2n) is 2.13. The Morgan fingerprint density at radius 2 is 2.09 bits per heavy atom. The van der Waals surface area contributed by atoms with Gasteiger partial charge in [-0.2, -0.15) is 0 Å². The predicted molar refractivity (Wildman–Crippen MR) is 45.5 cm³/mol. The number of nitrogens with zero attached hydrogens (tertiary/aromatic N) is 1. The van der Waals surface area contributed by atoms with Gasteiger partial charge in [-0.05, 0) is 6.92 Å². The van der Waals surface area contributed by atoms with Crippen molar-refractivity contribution >= 4 is 5.90 Å². The summed E-state index contributed by atoms with van der Waals surface area (Å²) in [5.41, 5.74) is 1.08. The zero-order chi connectivity index (χ0) is 8.85. The van der Waals surface area contributed by atoms with Crippen molar-refractivity contribution in [2.24, 2.45) is 4.99 Å². The maximum atomic E-state index is 8.57. The number of hydrogen-bond donors (Lipinski definition) is 1. The van der Waals surface area contributed by atoms with E-state index in [0.717, 1.165) is 0 Å². The maximum Gasteiger partial charge on any atom is 0.215 e. The van der Waals surface area contributed by atoms with Crippen LogP contribution in [0.15, 0.2) is 29.4 Å². The molecule has 0 fully saturated rings. The Morgan fingerprint density at radius 3 is 2.36 bits per heavy atom. The van der Waals surface area contributed by atoms with Crippen LogP contribution in [0.5, 0.6) is 0 Å². The fourth-order valence-corrected chi connectivity index (χ4v) is 0.494. The molecule has 11 heavy (non-hydrogen) atoms. The van der Waals surface area contributed by atoms with E-state index in [2.05, 4.69) is 18.2 Å². The van der Waals surface area contributed by atoms with Crippen LogP contribution in [0.3, 0.4) is 0 Å². The van der Waals surface area contributed by atoms with Crippen molar-refractivity contribution in [3.8, 4) is 0 Å². The van der Waals surface area contributed by atoms with Crippen molar-refractivity contribution in [2.75, 3.05) is 13.7 Å². The van der Waals surface area contributed by atoms with Crippen molar-refractivity contribution in [1.82, 2.24) is 0 Å². The van der Waals surface area contributed by atoms with Crippen LogP contribution in [0.2, 0.25) is 0 Å². The normalized spacial score (nSPS) is 11.0. The van der Waals surface area contributed by atoms with Gasteiger partial charge in [-0.25, -0.2) is 4.99 Å². The number of methoxy groups -OCH3 is 1. The largest absolute Gasteiger partial charge is 0.481 e. The van der Waals surface area contributed by atoms with E-state index in [9.17, 15) is 0 Å². The third kappa shape index (κ3) is 3.57. The minimum Gasteiger partial charge on any atom is -0.481 e. The lowest BCUT2D eigenvalue weighted by atomic mass is 10.3. The summed E-state index contributed by atoms with van der Waals surface area (Å²) in [7, 11) is 1.50. The molecule has 0 spiro atoms. The highest BCUT2D eigenvalue weighted by Crippen LogP contribution is 1.99. The first-order valence-electron chi connectivity index (χ1n) is 3.19. The van der Waals surface area contributed by atoms with E-state index < -0.39 is 0 Å². The Balaban J connectivity index is 4.35. The highest BCUT2D eigenvalue weighted by atomic mass is 16.5. The smallest absolute Gasteiger partial charge is 0.215 e. The molecule has 0 aliphatic rings. The third-order valence-electron chi connectivity index (χ3n) is 1.00. The van der Waals surface area contributed by atoms with Gasteiger partial charge in [0.25, 0.3) is 0 Å². The summed E-state index contributed by atoms with van der Waals surface area (Å²) < 4.78 is 4.86. The van der Waals surface area contributed by atoms with E-state index >= 15 is 0 Å². The number of aliphatic imine (C=N–C) groups is 1. The lowest BCUT2D eigenvalue weighted by Gasteiger charge is -2.03. The number of aliphatic hydroxyl groups excluding tert-OH is 1. The summed E-state index contributed by atoms with van der Waals surface area (Å²) in [5.74, 6) is 0.407. The topological polar surface area (TPSA) is 41.8 Å². The molecule has 62 valence electrons. The Labute approximate surface area is 66.7 Å². The first-order valence-corrected chi connectivity index (χ1v) is 3.19. The molecule has 0 saturated carbocycles. The molecule has 0 aromatic heterocycles. The zero-order valence-corrected chi connectivity index (χ0v) is 6.92. The summed E-state index contributed by atoms with van der Waals surface area (Å²) >= 11 is 0. The second-order valence-corrected chi connectivity index (χ2v) is 2.13. The molecule has 0 rings (SSSR count). The van der Waals surface area contributed by atoms with E-state index in [1.165, 1.54) is 7.11 Å². The number of hydrogen-bond acceptors (Lipinski definition) is 3. The van der Waals surface area contributed by atoms with Crippen molar-refractivity contribution in [1.29, 1.82) is 0 Å². The summed E-state index contributed by atoms with van der Waals surface area (Å²) in [6.07, 6.45) is 0. The molecule has 0 aromatic rings. The Kier molecular flexibility index (Phi) is 4.22.